The standard InChI is InChI=1S/C16H16N4O2S/c1-11(12-5-2-3-9-17-12)18-14(21)7-8-15-19-16(20-22-15)13-6-4-10-23-13/h2-6,9-11H,7-8H2,1H3,(H,18,21). The molecule has 3 heterocycles. The van der Waals surface area contributed by atoms with Crippen molar-refractivity contribution in [3.05, 3.63) is 53.5 Å². The van der Waals surface area contributed by atoms with Gasteiger partial charge in [0.25, 0.3) is 0 Å². The molecule has 0 aliphatic rings. The SMILES string of the molecule is CC(NC(=O)CCc1nc(-c2cccs2)no1)c1ccccn1. The molecule has 0 bridgehead atoms. The maximum absolute atomic E-state index is 12.0. The van der Waals surface area contributed by atoms with Gasteiger partial charge in [-0.1, -0.05) is 17.3 Å². The Kier molecular flexibility index (Phi) is 4.77. The molecule has 0 saturated carbocycles. The topological polar surface area (TPSA) is 80.9 Å². The lowest BCUT2D eigenvalue weighted by atomic mass is 10.2. The third-order valence-electron chi connectivity index (χ3n) is 3.28. The van der Waals surface area contributed by atoms with E-state index in [9.17, 15) is 4.79 Å². The molecule has 118 valence electrons. The van der Waals surface area contributed by atoms with Crippen molar-refractivity contribution in [2.75, 3.05) is 0 Å². The second-order valence-corrected chi connectivity index (χ2v) is 5.98. The van der Waals surface area contributed by atoms with Crippen molar-refractivity contribution in [3.8, 4) is 10.7 Å². The van der Waals surface area contributed by atoms with Gasteiger partial charge in [-0.25, -0.2) is 0 Å². The smallest absolute Gasteiger partial charge is 0.227 e. The van der Waals surface area contributed by atoms with Gasteiger partial charge in [0, 0.05) is 19.0 Å². The minimum absolute atomic E-state index is 0.0703. The van der Waals surface area contributed by atoms with Crippen LogP contribution in [0.3, 0.4) is 0 Å². The Morgan fingerprint density at radius 2 is 2.26 bits per heavy atom. The number of pyridine rings is 1. The van der Waals surface area contributed by atoms with Crippen LogP contribution in [0.5, 0.6) is 0 Å². The van der Waals surface area contributed by atoms with Crippen molar-refractivity contribution in [1.29, 1.82) is 0 Å². The van der Waals surface area contributed by atoms with E-state index in [2.05, 4.69) is 20.4 Å². The van der Waals surface area contributed by atoms with Gasteiger partial charge in [0.2, 0.25) is 17.6 Å². The molecule has 3 aromatic rings. The molecule has 1 amide bonds. The summed E-state index contributed by atoms with van der Waals surface area (Å²) < 4.78 is 5.18. The second-order valence-electron chi connectivity index (χ2n) is 5.03. The molecule has 3 rings (SSSR count). The van der Waals surface area contributed by atoms with Gasteiger partial charge < -0.3 is 9.84 Å². The van der Waals surface area contributed by atoms with E-state index in [1.54, 1.807) is 17.5 Å². The number of hydrogen-bond acceptors (Lipinski definition) is 6. The molecule has 1 atom stereocenters. The van der Waals surface area contributed by atoms with Crippen LogP contribution in [0.1, 0.15) is 31.0 Å². The fourth-order valence-corrected chi connectivity index (χ4v) is 2.75. The first-order valence-corrected chi connectivity index (χ1v) is 8.17. The van der Waals surface area contributed by atoms with Crippen LogP contribution in [-0.4, -0.2) is 21.0 Å². The van der Waals surface area contributed by atoms with Crippen LogP contribution in [0.15, 0.2) is 46.4 Å². The number of hydrogen-bond donors (Lipinski definition) is 1. The van der Waals surface area contributed by atoms with Crippen LogP contribution in [0, 0.1) is 0 Å². The number of aryl methyl sites for hydroxylation is 1. The molecule has 0 aromatic carbocycles. The number of amides is 1. The summed E-state index contributed by atoms with van der Waals surface area (Å²) in [6.07, 6.45) is 2.42. The molecular weight excluding hydrogens is 312 g/mol. The van der Waals surface area contributed by atoms with Crippen LogP contribution in [0.2, 0.25) is 0 Å². The van der Waals surface area contributed by atoms with Crippen molar-refractivity contribution in [2.45, 2.75) is 25.8 Å². The largest absolute Gasteiger partial charge is 0.348 e. The minimum Gasteiger partial charge on any atom is -0.348 e. The lowest BCUT2D eigenvalue weighted by Gasteiger charge is -2.12. The Hall–Kier alpha value is -2.54. The zero-order valence-electron chi connectivity index (χ0n) is 12.6. The fourth-order valence-electron chi connectivity index (χ4n) is 2.10. The van der Waals surface area contributed by atoms with Gasteiger partial charge in [-0.3, -0.25) is 9.78 Å². The molecule has 3 aromatic heterocycles. The molecule has 6 nitrogen and oxygen atoms in total. The number of nitrogens with zero attached hydrogens (tertiary/aromatic N) is 3. The van der Waals surface area contributed by atoms with Gasteiger partial charge in [0.1, 0.15) is 0 Å². The number of rotatable bonds is 6. The summed E-state index contributed by atoms with van der Waals surface area (Å²) in [4.78, 5) is 21.5. The quantitative estimate of drug-likeness (QED) is 0.752. The molecule has 0 aliphatic heterocycles. The zero-order chi connectivity index (χ0) is 16.1. The lowest BCUT2D eigenvalue weighted by Crippen LogP contribution is -2.27. The molecule has 1 N–H and O–H groups in total. The average molecular weight is 328 g/mol. The summed E-state index contributed by atoms with van der Waals surface area (Å²) >= 11 is 1.55. The van der Waals surface area contributed by atoms with E-state index in [4.69, 9.17) is 4.52 Å². The highest BCUT2D eigenvalue weighted by Gasteiger charge is 2.13. The van der Waals surface area contributed by atoms with Gasteiger partial charge in [0.15, 0.2) is 0 Å². The molecule has 7 heteroatoms. The number of nitrogens with one attached hydrogen (secondary N) is 1. The summed E-state index contributed by atoms with van der Waals surface area (Å²) in [5.74, 6) is 0.963. The summed E-state index contributed by atoms with van der Waals surface area (Å²) in [5.41, 5.74) is 0.832. The van der Waals surface area contributed by atoms with Crippen LogP contribution in [0.4, 0.5) is 0 Å². The molecule has 0 fully saturated rings. The van der Waals surface area contributed by atoms with Gasteiger partial charge in [-0.15, -0.1) is 11.3 Å². The van der Waals surface area contributed by atoms with Gasteiger partial charge in [-0.05, 0) is 30.5 Å². The van der Waals surface area contributed by atoms with Crippen LogP contribution >= 0.6 is 11.3 Å². The Morgan fingerprint density at radius 1 is 1.35 bits per heavy atom. The number of thiophene rings is 1. The van der Waals surface area contributed by atoms with E-state index < -0.39 is 0 Å². The molecular formula is C16H16N4O2S. The Bertz CT molecular complexity index is 756. The Labute approximate surface area is 137 Å². The first kappa shape index (κ1) is 15.4. The van der Waals surface area contributed by atoms with Gasteiger partial charge >= 0.3 is 0 Å². The predicted molar refractivity (Wildman–Crippen MR) is 86.7 cm³/mol. The van der Waals surface area contributed by atoms with Crippen molar-refractivity contribution in [2.24, 2.45) is 0 Å². The van der Waals surface area contributed by atoms with E-state index in [1.807, 2.05) is 42.6 Å². The Morgan fingerprint density at radius 3 is 3.00 bits per heavy atom. The van der Waals surface area contributed by atoms with E-state index in [0.717, 1.165) is 10.6 Å². The molecule has 0 saturated heterocycles. The lowest BCUT2D eigenvalue weighted by molar-refractivity contribution is -0.121. The predicted octanol–water partition coefficient (Wildman–Crippen LogP) is 3.00. The van der Waals surface area contributed by atoms with E-state index in [-0.39, 0.29) is 11.9 Å². The number of carbonyl (C=O) groups is 1. The first-order valence-electron chi connectivity index (χ1n) is 7.29. The highest BCUT2D eigenvalue weighted by atomic mass is 32.1. The highest BCUT2D eigenvalue weighted by molar-refractivity contribution is 7.13. The fraction of sp³-hybridized carbons (Fsp3) is 0.250. The number of aromatic nitrogens is 3. The third kappa shape index (κ3) is 4.01. The first-order chi connectivity index (χ1) is 11.2. The number of carbonyl (C=O) groups excluding carboxylic acids is 1. The molecule has 0 spiro atoms. The molecule has 0 aliphatic carbocycles. The second kappa shape index (κ2) is 7.15. The van der Waals surface area contributed by atoms with Gasteiger partial charge in [0.05, 0.1) is 16.6 Å². The molecule has 0 radical (unpaired) electrons. The third-order valence-corrected chi connectivity index (χ3v) is 4.15. The van der Waals surface area contributed by atoms with E-state index in [1.165, 1.54) is 0 Å². The maximum Gasteiger partial charge on any atom is 0.227 e. The zero-order valence-corrected chi connectivity index (χ0v) is 13.4. The van der Waals surface area contributed by atoms with Crippen molar-refractivity contribution in [3.63, 3.8) is 0 Å². The van der Waals surface area contributed by atoms with E-state index >= 15 is 0 Å². The van der Waals surface area contributed by atoms with E-state index in [0.29, 0.717) is 24.6 Å². The van der Waals surface area contributed by atoms with Crippen LogP contribution < -0.4 is 5.32 Å². The van der Waals surface area contributed by atoms with Crippen molar-refractivity contribution in [1.82, 2.24) is 20.4 Å². The summed E-state index contributed by atoms with van der Waals surface area (Å²) in [5, 5.41) is 8.80. The summed E-state index contributed by atoms with van der Waals surface area (Å²) in [7, 11) is 0. The van der Waals surface area contributed by atoms with Crippen molar-refractivity contribution >= 4 is 17.2 Å². The summed E-state index contributed by atoms with van der Waals surface area (Å²) in [6, 6.07) is 9.36. The monoisotopic (exact) mass is 328 g/mol. The molecule has 23 heavy (non-hydrogen) atoms. The normalized spacial score (nSPS) is 12.0. The van der Waals surface area contributed by atoms with Gasteiger partial charge in [-0.2, -0.15) is 4.98 Å². The maximum atomic E-state index is 12.0. The summed E-state index contributed by atoms with van der Waals surface area (Å²) in [6.45, 7) is 1.90. The van der Waals surface area contributed by atoms with Crippen LogP contribution in [0.25, 0.3) is 10.7 Å². The average Bonchev–Trinajstić information content (AvgIpc) is 3.25. The minimum atomic E-state index is -0.131. The van der Waals surface area contributed by atoms with Crippen molar-refractivity contribution < 1.29 is 9.32 Å². The van der Waals surface area contributed by atoms with Crippen LogP contribution in [-0.2, 0) is 11.2 Å². The highest BCUT2D eigenvalue weighted by Crippen LogP contribution is 2.21. The Balaban J connectivity index is 1.51. The molecule has 1 unspecified atom stereocenters.